The topological polar surface area (TPSA) is 58.9 Å². The molecule has 1 heterocycles. The van der Waals surface area contributed by atoms with E-state index in [0.29, 0.717) is 56.2 Å². The second kappa shape index (κ2) is 8.87. The average molecular weight is 430 g/mol. The van der Waals surface area contributed by atoms with Crippen molar-refractivity contribution < 1.29 is 22.8 Å². The second-order valence-corrected chi connectivity index (χ2v) is 7.03. The third-order valence-electron chi connectivity index (χ3n) is 4.70. The lowest BCUT2D eigenvalue weighted by atomic mass is 10.1. The van der Waals surface area contributed by atoms with Crippen molar-refractivity contribution in [3.63, 3.8) is 0 Å². The number of rotatable bonds is 6. The van der Waals surface area contributed by atoms with Crippen molar-refractivity contribution in [1.29, 1.82) is 0 Å². The predicted octanol–water partition coefficient (Wildman–Crippen LogP) is 4.47. The number of ether oxygens (including phenoxy) is 1. The number of hydrogen-bond acceptors (Lipinski definition) is 5. The Bertz CT molecular complexity index is 854. The molecule has 0 atom stereocenters. The first kappa shape index (κ1) is 21.2. The molecule has 0 aliphatic carbocycles. The lowest BCUT2D eigenvalue weighted by Crippen LogP contribution is -2.47. The van der Waals surface area contributed by atoms with Crippen molar-refractivity contribution in [3.8, 4) is 5.75 Å². The highest BCUT2D eigenvalue weighted by atomic mass is 35.5. The number of nitrogens with zero attached hydrogens (tertiary/aromatic N) is 3. The van der Waals surface area contributed by atoms with Gasteiger partial charge in [-0.05, 0) is 36.4 Å². The van der Waals surface area contributed by atoms with Crippen molar-refractivity contribution in [2.24, 2.45) is 0 Å². The van der Waals surface area contributed by atoms with Crippen LogP contribution in [0.1, 0.15) is 5.56 Å². The van der Waals surface area contributed by atoms with E-state index in [1.165, 1.54) is 6.07 Å². The van der Waals surface area contributed by atoms with Crippen molar-refractivity contribution in [2.45, 2.75) is 6.18 Å². The number of anilines is 1. The van der Waals surface area contributed by atoms with Gasteiger partial charge < -0.3 is 9.64 Å². The third-order valence-corrected chi connectivity index (χ3v) is 4.95. The monoisotopic (exact) mass is 429 g/mol. The van der Waals surface area contributed by atoms with Gasteiger partial charge in [0.2, 0.25) is 0 Å². The summed E-state index contributed by atoms with van der Waals surface area (Å²) < 4.78 is 44.2. The molecule has 0 radical (unpaired) electrons. The fraction of sp³-hybridized carbons (Fsp3) is 0.368. The summed E-state index contributed by atoms with van der Waals surface area (Å²) in [6, 6.07) is 9.71. The van der Waals surface area contributed by atoms with Crippen molar-refractivity contribution >= 4 is 23.0 Å². The van der Waals surface area contributed by atoms with E-state index in [0.717, 1.165) is 6.07 Å². The summed E-state index contributed by atoms with van der Waals surface area (Å²) in [7, 11) is 0. The summed E-state index contributed by atoms with van der Waals surface area (Å²) in [5.74, 6) is 0.716. The molecule has 6 nitrogen and oxygen atoms in total. The Morgan fingerprint density at radius 3 is 2.31 bits per heavy atom. The Balaban J connectivity index is 1.56. The van der Waals surface area contributed by atoms with E-state index >= 15 is 0 Å². The Labute approximate surface area is 170 Å². The van der Waals surface area contributed by atoms with Gasteiger partial charge in [-0.25, -0.2) is 0 Å². The molecule has 10 heteroatoms. The van der Waals surface area contributed by atoms with E-state index in [-0.39, 0.29) is 5.69 Å². The van der Waals surface area contributed by atoms with Crippen LogP contribution in [0.25, 0.3) is 0 Å². The molecule has 1 fully saturated rings. The lowest BCUT2D eigenvalue weighted by Gasteiger charge is -2.35. The van der Waals surface area contributed by atoms with Crippen LogP contribution in [-0.2, 0) is 6.18 Å². The van der Waals surface area contributed by atoms with Gasteiger partial charge in [0.25, 0.3) is 5.69 Å². The maximum Gasteiger partial charge on any atom is 0.416 e. The maximum atomic E-state index is 12.9. The maximum absolute atomic E-state index is 12.9. The fourth-order valence-electron chi connectivity index (χ4n) is 3.15. The summed E-state index contributed by atoms with van der Waals surface area (Å²) in [6.45, 7) is 3.36. The van der Waals surface area contributed by atoms with Crippen LogP contribution < -0.4 is 9.64 Å². The molecule has 1 aliphatic rings. The van der Waals surface area contributed by atoms with Crippen LogP contribution in [0.3, 0.4) is 0 Å². The molecule has 2 aromatic rings. The molecule has 0 amide bonds. The smallest absolute Gasteiger partial charge is 0.416 e. The zero-order chi connectivity index (χ0) is 21.0. The molecular weight excluding hydrogens is 411 g/mol. The zero-order valence-electron chi connectivity index (χ0n) is 15.4. The molecule has 0 aromatic heterocycles. The molecular formula is C19H19ClF3N3O3. The Hall–Kier alpha value is -2.52. The quantitative estimate of drug-likeness (QED) is 0.501. The van der Waals surface area contributed by atoms with Crippen LogP contribution in [0.15, 0.2) is 42.5 Å². The number of benzene rings is 2. The van der Waals surface area contributed by atoms with Crippen molar-refractivity contribution in [2.75, 3.05) is 44.2 Å². The molecule has 0 bridgehead atoms. The summed E-state index contributed by atoms with van der Waals surface area (Å²) in [4.78, 5) is 14.4. The lowest BCUT2D eigenvalue weighted by molar-refractivity contribution is -0.384. The van der Waals surface area contributed by atoms with Gasteiger partial charge in [-0.1, -0.05) is 11.6 Å². The number of hydrogen-bond donors (Lipinski definition) is 0. The summed E-state index contributed by atoms with van der Waals surface area (Å²) >= 11 is 5.83. The number of piperazine rings is 1. The Kier molecular flexibility index (Phi) is 6.49. The van der Waals surface area contributed by atoms with Crippen LogP contribution in [-0.4, -0.2) is 49.2 Å². The molecule has 0 N–H and O–H groups in total. The van der Waals surface area contributed by atoms with Crippen molar-refractivity contribution in [3.05, 3.63) is 63.2 Å². The number of halogens is 4. The predicted molar refractivity (Wildman–Crippen MR) is 104 cm³/mol. The first-order valence-corrected chi connectivity index (χ1v) is 9.33. The van der Waals surface area contributed by atoms with Gasteiger partial charge in [0.05, 0.1) is 10.5 Å². The molecule has 0 unspecified atom stereocenters. The van der Waals surface area contributed by atoms with Gasteiger partial charge in [-0.3, -0.25) is 15.0 Å². The van der Waals surface area contributed by atoms with E-state index < -0.39 is 22.4 Å². The van der Waals surface area contributed by atoms with Crippen LogP contribution in [0.2, 0.25) is 5.02 Å². The van der Waals surface area contributed by atoms with E-state index in [1.807, 2.05) is 0 Å². The van der Waals surface area contributed by atoms with Crippen molar-refractivity contribution in [1.82, 2.24) is 4.90 Å². The minimum Gasteiger partial charge on any atom is -0.492 e. The molecule has 3 rings (SSSR count). The molecule has 1 saturated heterocycles. The van der Waals surface area contributed by atoms with Crippen LogP contribution in [0.5, 0.6) is 5.75 Å². The minimum absolute atomic E-state index is 0.208. The van der Waals surface area contributed by atoms with E-state index in [4.69, 9.17) is 16.3 Å². The average Bonchev–Trinajstić information content (AvgIpc) is 2.69. The van der Waals surface area contributed by atoms with Gasteiger partial charge in [0.15, 0.2) is 0 Å². The standard InChI is InChI=1S/C19H19ClF3N3O3/c20-15-2-4-16(5-3-15)29-12-11-24-7-9-25(10-8-24)17-6-1-14(19(21,22)23)13-18(17)26(27)28/h1-6,13H,7-12H2. The van der Waals surface area contributed by atoms with Gasteiger partial charge >= 0.3 is 6.18 Å². The molecule has 0 saturated carbocycles. The van der Waals surface area contributed by atoms with Gasteiger partial charge in [-0.15, -0.1) is 0 Å². The normalized spacial score (nSPS) is 15.4. The Morgan fingerprint density at radius 1 is 1.07 bits per heavy atom. The molecule has 2 aromatic carbocycles. The van der Waals surface area contributed by atoms with Gasteiger partial charge in [0, 0.05) is 43.8 Å². The highest BCUT2D eigenvalue weighted by Crippen LogP contribution is 2.36. The highest BCUT2D eigenvalue weighted by Gasteiger charge is 2.34. The first-order valence-electron chi connectivity index (χ1n) is 8.95. The summed E-state index contributed by atoms with van der Waals surface area (Å²) in [5, 5.41) is 11.9. The van der Waals surface area contributed by atoms with Crippen LogP contribution in [0.4, 0.5) is 24.5 Å². The van der Waals surface area contributed by atoms with Gasteiger partial charge in [0.1, 0.15) is 18.0 Å². The second-order valence-electron chi connectivity index (χ2n) is 6.59. The summed E-state index contributed by atoms with van der Waals surface area (Å²) in [5.41, 5.74) is -1.34. The minimum atomic E-state index is -4.62. The van der Waals surface area contributed by atoms with Crippen LogP contribution in [0, 0.1) is 10.1 Å². The SMILES string of the molecule is O=[N+]([O-])c1cc(C(F)(F)F)ccc1N1CCN(CCOc2ccc(Cl)cc2)CC1. The van der Waals surface area contributed by atoms with Crippen LogP contribution >= 0.6 is 11.6 Å². The molecule has 0 spiro atoms. The highest BCUT2D eigenvalue weighted by molar-refractivity contribution is 6.30. The number of nitro groups is 1. The Morgan fingerprint density at radius 2 is 1.72 bits per heavy atom. The van der Waals surface area contributed by atoms with E-state index in [1.54, 1.807) is 29.2 Å². The fourth-order valence-corrected chi connectivity index (χ4v) is 3.28. The first-order chi connectivity index (χ1) is 13.7. The molecule has 1 aliphatic heterocycles. The zero-order valence-corrected chi connectivity index (χ0v) is 16.1. The van der Waals surface area contributed by atoms with Gasteiger partial charge in [-0.2, -0.15) is 13.2 Å². The largest absolute Gasteiger partial charge is 0.492 e. The van der Waals surface area contributed by atoms with E-state index in [2.05, 4.69) is 4.90 Å². The van der Waals surface area contributed by atoms with E-state index in [9.17, 15) is 23.3 Å². The molecule has 156 valence electrons. The third kappa shape index (κ3) is 5.51. The summed E-state index contributed by atoms with van der Waals surface area (Å²) in [6.07, 6.45) is -4.62. The number of nitro benzene ring substituents is 1. The molecule has 29 heavy (non-hydrogen) atoms. The number of alkyl halides is 3.